The Balaban J connectivity index is 1.72. The zero-order valence-electron chi connectivity index (χ0n) is 13.9. The number of amides is 1. The van der Waals surface area contributed by atoms with Crippen molar-refractivity contribution in [1.82, 2.24) is 14.9 Å². The number of morpholine rings is 1. The number of H-pyrrole nitrogens is 1. The SMILES string of the molecule is Cc1ccccc1C[C@@]1(CO)CN(C(=O)Cc2cnc[nH]2)CCO1. The number of hydrogen-bond acceptors (Lipinski definition) is 4. The zero-order valence-corrected chi connectivity index (χ0v) is 13.9. The molecule has 1 saturated heterocycles. The van der Waals surface area contributed by atoms with Crippen LogP contribution in [0, 0.1) is 6.92 Å². The van der Waals surface area contributed by atoms with Crippen molar-refractivity contribution in [2.24, 2.45) is 0 Å². The molecule has 1 fully saturated rings. The Morgan fingerprint density at radius 1 is 1.46 bits per heavy atom. The normalized spacial score (nSPS) is 21.0. The van der Waals surface area contributed by atoms with Gasteiger partial charge in [0.2, 0.25) is 5.91 Å². The summed E-state index contributed by atoms with van der Waals surface area (Å²) < 4.78 is 5.93. The number of hydrogen-bond donors (Lipinski definition) is 2. The highest BCUT2D eigenvalue weighted by molar-refractivity contribution is 5.78. The molecule has 1 aromatic carbocycles. The number of aromatic amines is 1. The van der Waals surface area contributed by atoms with E-state index in [4.69, 9.17) is 4.74 Å². The Morgan fingerprint density at radius 2 is 2.29 bits per heavy atom. The molecule has 3 rings (SSSR count). The van der Waals surface area contributed by atoms with Gasteiger partial charge < -0.3 is 19.7 Å². The maximum absolute atomic E-state index is 12.5. The first-order chi connectivity index (χ1) is 11.6. The van der Waals surface area contributed by atoms with Gasteiger partial charge in [0, 0.05) is 24.9 Å². The third-order valence-electron chi connectivity index (χ3n) is 4.56. The van der Waals surface area contributed by atoms with Crippen molar-refractivity contribution >= 4 is 5.91 Å². The lowest BCUT2D eigenvalue weighted by Crippen LogP contribution is -2.57. The number of benzene rings is 1. The van der Waals surface area contributed by atoms with Gasteiger partial charge in [0.15, 0.2) is 0 Å². The highest BCUT2D eigenvalue weighted by atomic mass is 16.5. The molecule has 1 aliphatic heterocycles. The molecule has 6 nitrogen and oxygen atoms in total. The molecule has 6 heteroatoms. The van der Waals surface area contributed by atoms with Crippen LogP contribution >= 0.6 is 0 Å². The molecule has 0 aliphatic carbocycles. The summed E-state index contributed by atoms with van der Waals surface area (Å²) in [6, 6.07) is 8.07. The van der Waals surface area contributed by atoms with Crippen molar-refractivity contribution in [2.45, 2.75) is 25.4 Å². The molecule has 2 heterocycles. The van der Waals surface area contributed by atoms with E-state index in [1.165, 1.54) is 0 Å². The van der Waals surface area contributed by atoms with Crippen LogP contribution in [0.3, 0.4) is 0 Å². The molecule has 0 radical (unpaired) electrons. The minimum Gasteiger partial charge on any atom is -0.393 e. The molecule has 24 heavy (non-hydrogen) atoms. The minimum atomic E-state index is -0.742. The number of ether oxygens (including phenoxy) is 1. The second-order valence-electron chi connectivity index (χ2n) is 6.36. The Bertz CT molecular complexity index is 687. The zero-order chi connectivity index (χ0) is 17.0. The Morgan fingerprint density at radius 3 is 3.00 bits per heavy atom. The van der Waals surface area contributed by atoms with E-state index in [9.17, 15) is 9.90 Å². The van der Waals surface area contributed by atoms with Crippen LogP contribution in [-0.2, 0) is 22.4 Å². The Kier molecular flexibility index (Phi) is 4.97. The molecule has 2 aromatic rings. The number of carbonyl (C=O) groups is 1. The number of nitrogens with one attached hydrogen (secondary N) is 1. The van der Waals surface area contributed by atoms with Crippen molar-refractivity contribution in [3.05, 3.63) is 53.6 Å². The van der Waals surface area contributed by atoms with Crippen molar-refractivity contribution in [2.75, 3.05) is 26.3 Å². The van der Waals surface area contributed by atoms with Gasteiger partial charge in [0.05, 0.1) is 32.5 Å². The van der Waals surface area contributed by atoms with E-state index in [1.54, 1.807) is 17.4 Å². The summed E-state index contributed by atoms with van der Waals surface area (Å²) in [4.78, 5) is 21.2. The van der Waals surface area contributed by atoms with Crippen LogP contribution in [0.4, 0.5) is 0 Å². The number of carbonyl (C=O) groups excluding carboxylic acids is 1. The van der Waals surface area contributed by atoms with Crippen molar-refractivity contribution < 1.29 is 14.6 Å². The number of nitrogens with zero attached hydrogens (tertiary/aromatic N) is 2. The minimum absolute atomic E-state index is 0.0187. The lowest BCUT2D eigenvalue weighted by molar-refractivity contribution is -0.157. The van der Waals surface area contributed by atoms with E-state index >= 15 is 0 Å². The molecule has 0 bridgehead atoms. The highest BCUT2D eigenvalue weighted by Crippen LogP contribution is 2.25. The molecule has 0 unspecified atom stereocenters. The second-order valence-corrected chi connectivity index (χ2v) is 6.36. The monoisotopic (exact) mass is 329 g/mol. The number of aryl methyl sites for hydroxylation is 1. The van der Waals surface area contributed by atoms with Gasteiger partial charge in [0.25, 0.3) is 0 Å². The smallest absolute Gasteiger partial charge is 0.228 e. The average molecular weight is 329 g/mol. The van der Waals surface area contributed by atoms with Gasteiger partial charge in [0.1, 0.15) is 5.60 Å². The molecular formula is C18H23N3O3. The first-order valence-electron chi connectivity index (χ1n) is 8.16. The van der Waals surface area contributed by atoms with E-state index in [-0.39, 0.29) is 18.9 Å². The fraction of sp³-hybridized carbons (Fsp3) is 0.444. The van der Waals surface area contributed by atoms with Crippen molar-refractivity contribution in [1.29, 1.82) is 0 Å². The Hall–Kier alpha value is -2.18. The largest absolute Gasteiger partial charge is 0.393 e. The van der Waals surface area contributed by atoms with Crippen LogP contribution < -0.4 is 0 Å². The second kappa shape index (κ2) is 7.15. The van der Waals surface area contributed by atoms with Crippen LogP contribution in [0.25, 0.3) is 0 Å². The van der Waals surface area contributed by atoms with Crippen LogP contribution in [0.15, 0.2) is 36.8 Å². The van der Waals surface area contributed by atoms with Gasteiger partial charge >= 0.3 is 0 Å². The van der Waals surface area contributed by atoms with Gasteiger partial charge in [-0.05, 0) is 18.1 Å². The van der Waals surface area contributed by atoms with Crippen molar-refractivity contribution in [3.8, 4) is 0 Å². The summed E-state index contributed by atoms with van der Waals surface area (Å²) in [6.45, 7) is 3.30. The fourth-order valence-electron chi connectivity index (χ4n) is 3.13. The number of imidazole rings is 1. The van der Waals surface area contributed by atoms with E-state index < -0.39 is 5.60 Å². The fourth-order valence-corrected chi connectivity index (χ4v) is 3.13. The molecular weight excluding hydrogens is 306 g/mol. The quantitative estimate of drug-likeness (QED) is 0.861. The standard InChI is InChI=1S/C18H23N3O3/c1-14-4-2-3-5-15(14)9-18(12-22)11-21(6-7-24-18)17(23)8-16-10-19-13-20-16/h2-5,10,13,22H,6-9,11-12H2,1H3,(H,19,20)/t18-/m0/s1. The third-order valence-corrected chi connectivity index (χ3v) is 4.56. The summed E-state index contributed by atoms with van der Waals surface area (Å²) in [5.41, 5.74) is 2.35. The average Bonchev–Trinajstić information content (AvgIpc) is 3.10. The topological polar surface area (TPSA) is 78.5 Å². The first kappa shape index (κ1) is 16.7. The summed E-state index contributed by atoms with van der Waals surface area (Å²) in [7, 11) is 0. The summed E-state index contributed by atoms with van der Waals surface area (Å²) in [6.07, 6.45) is 4.10. The first-order valence-corrected chi connectivity index (χ1v) is 8.16. The van der Waals surface area contributed by atoms with Crippen LogP contribution in [0.5, 0.6) is 0 Å². The Labute approximate surface area is 141 Å². The molecule has 0 saturated carbocycles. The molecule has 1 amide bonds. The molecule has 1 aromatic heterocycles. The van der Waals surface area contributed by atoms with Gasteiger partial charge in [-0.25, -0.2) is 4.98 Å². The highest BCUT2D eigenvalue weighted by Gasteiger charge is 2.38. The predicted molar refractivity (Wildman–Crippen MR) is 89.5 cm³/mol. The van der Waals surface area contributed by atoms with E-state index in [1.807, 2.05) is 31.2 Å². The third kappa shape index (κ3) is 3.66. The maximum Gasteiger partial charge on any atom is 0.228 e. The number of aliphatic hydroxyl groups excluding tert-OH is 1. The van der Waals surface area contributed by atoms with Gasteiger partial charge in [-0.3, -0.25) is 4.79 Å². The molecule has 128 valence electrons. The number of aromatic nitrogens is 2. The number of aliphatic hydroxyl groups is 1. The maximum atomic E-state index is 12.5. The van der Waals surface area contributed by atoms with E-state index in [0.29, 0.717) is 26.1 Å². The van der Waals surface area contributed by atoms with E-state index in [2.05, 4.69) is 9.97 Å². The summed E-state index contributed by atoms with van der Waals surface area (Å²) in [5, 5.41) is 9.97. The summed E-state index contributed by atoms with van der Waals surface area (Å²) >= 11 is 0. The summed E-state index contributed by atoms with van der Waals surface area (Å²) in [5.74, 6) is 0.0187. The number of rotatable bonds is 5. The van der Waals surface area contributed by atoms with Crippen molar-refractivity contribution in [3.63, 3.8) is 0 Å². The predicted octanol–water partition coefficient (Wildman–Crippen LogP) is 1.09. The van der Waals surface area contributed by atoms with E-state index in [0.717, 1.165) is 16.8 Å². The molecule has 1 atom stereocenters. The lowest BCUT2D eigenvalue weighted by atomic mass is 9.91. The molecule has 1 aliphatic rings. The van der Waals surface area contributed by atoms with Gasteiger partial charge in [-0.15, -0.1) is 0 Å². The molecule has 2 N–H and O–H groups in total. The van der Waals surface area contributed by atoms with Gasteiger partial charge in [-0.1, -0.05) is 24.3 Å². The lowest BCUT2D eigenvalue weighted by Gasteiger charge is -2.42. The van der Waals surface area contributed by atoms with Crippen LogP contribution in [0.1, 0.15) is 16.8 Å². The van der Waals surface area contributed by atoms with Crippen LogP contribution in [-0.4, -0.2) is 57.8 Å². The van der Waals surface area contributed by atoms with Crippen LogP contribution in [0.2, 0.25) is 0 Å². The van der Waals surface area contributed by atoms with Gasteiger partial charge in [-0.2, -0.15) is 0 Å². The molecule has 0 spiro atoms.